The smallest absolute Gasteiger partial charge is 0.338 e. The summed E-state index contributed by atoms with van der Waals surface area (Å²) in [6.45, 7) is 4.25. The predicted octanol–water partition coefficient (Wildman–Crippen LogP) is 3.30. The van der Waals surface area contributed by atoms with Crippen LogP contribution in [0.2, 0.25) is 0 Å². The molecule has 1 amide bonds. The summed E-state index contributed by atoms with van der Waals surface area (Å²) in [5.74, 6) is -0.492. The molecule has 7 heteroatoms. The average molecular weight is 385 g/mol. The molecule has 0 radical (unpaired) electrons. The first-order valence-corrected chi connectivity index (χ1v) is 8.77. The van der Waals surface area contributed by atoms with Gasteiger partial charge in [0.1, 0.15) is 5.75 Å². The van der Waals surface area contributed by atoms with Gasteiger partial charge in [-0.15, -0.1) is 0 Å². The van der Waals surface area contributed by atoms with Gasteiger partial charge < -0.3 is 19.5 Å². The number of methoxy groups -OCH3 is 1. The number of esters is 2. The van der Waals surface area contributed by atoms with Crippen LogP contribution in [-0.4, -0.2) is 38.2 Å². The van der Waals surface area contributed by atoms with Gasteiger partial charge in [-0.1, -0.05) is 13.8 Å². The Balaban J connectivity index is 1.81. The fourth-order valence-corrected chi connectivity index (χ4v) is 2.17. The van der Waals surface area contributed by atoms with Crippen molar-refractivity contribution in [2.45, 2.75) is 13.8 Å². The Kier molecular flexibility index (Phi) is 7.56. The molecule has 0 heterocycles. The minimum atomic E-state index is -0.605. The van der Waals surface area contributed by atoms with Crippen LogP contribution < -0.4 is 10.1 Å². The van der Waals surface area contributed by atoms with E-state index in [1.165, 1.54) is 19.2 Å². The second-order valence-electron chi connectivity index (χ2n) is 6.42. The van der Waals surface area contributed by atoms with E-state index in [1.807, 2.05) is 13.8 Å². The quantitative estimate of drug-likeness (QED) is 0.701. The van der Waals surface area contributed by atoms with Crippen molar-refractivity contribution in [1.82, 2.24) is 0 Å². The van der Waals surface area contributed by atoms with E-state index < -0.39 is 24.5 Å². The zero-order valence-electron chi connectivity index (χ0n) is 16.1. The Bertz CT molecular complexity index is 812. The highest BCUT2D eigenvalue weighted by Crippen LogP contribution is 2.14. The molecule has 0 aromatic heterocycles. The van der Waals surface area contributed by atoms with Crippen LogP contribution in [0.4, 0.5) is 5.69 Å². The molecular formula is C21H23NO6. The van der Waals surface area contributed by atoms with Crippen LogP contribution in [0, 0.1) is 5.92 Å². The lowest BCUT2D eigenvalue weighted by Gasteiger charge is -2.09. The molecule has 0 saturated carbocycles. The van der Waals surface area contributed by atoms with E-state index in [4.69, 9.17) is 9.47 Å². The van der Waals surface area contributed by atoms with Crippen molar-refractivity contribution in [3.8, 4) is 5.75 Å². The van der Waals surface area contributed by atoms with Crippen molar-refractivity contribution in [2.24, 2.45) is 5.92 Å². The van der Waals surface area contributed by atoms with Crippen LogP contribution in [0.1, 0.15) is 34.6 Å². The number of carbonyl (C=O) groups excluding carboxylic acids is 3. The number of amides is 1. The summed E-state index contributed by atoms with van der Waals surface area (Å²) in [5, 5.41) is 2.58. The minimum Gasteiger partial charge on any atom is -0.493 e. The van der Waals surface area contributed by atoms with Gasteiger partial charge in [0.05, 0.1) is 24.8 Å². The predicted molar refractivity (Wildman–Crippen MR) is 103 cm³/mol. The molecule has 148 valence electrons. The van der Waals surface area contributed by atoms with Crippen LogP contribution in [0.25, 0.3) is 0 Å². The second-order valence-corrected chi connectivity index (χ2v) is 6.42. The van der Waals surface area contributed by atoms with E-state index in [-0.39, 0.29) is 0 Å². The van der Waals surface area contributed by atoms with Crippen molar-refractivity contribution < 1.29 is 28.6 Å². The van der Waals surface area contributed by atoms with Crippen LogP contribution in [0.15, 0.2) is 48.5 Å². The van der Waals surface area contributed by atoms with Crippen molar-refractivity contribution in [3.05, 3.63) is 59.7 Å². The van der Waals surface area contributed by atoms with E-state index in [1.54, 1.807) is 36.4 Å². The van der Waals surface area contributed by atoms with Gasteiger partial charge in [-0.3, -0.25) is 4.79 Å². The number of rotatable bonds is 8. The van der Waals surface area contributed by atoms with E-state index in [0.29, 0.717) is 35.1 Å². The maximum Gasteiger partial charge on any atom is 0.338 e. The monoisotopic (exact) mass is 385 g/mol. The summed E-state index contributed by atoms with van der Waals surface area (Å²) >= 11 is 0. The molecule has 0 bridgehead atoms. The SMILES string of the molecule is COC(=O)c1ccc(NC(=O)COC(=O)c2ccc(OCC(C)C)cc2)cc1. The molecular weight excluding hydrogens is 362 g/mol. The number of anilines is 1. The van der Waals surface area contributed by atoms with E-state index in [0.717, 1.165) is 0 Å². The molecule has 2 aromatic carbocycles. The molecule has 0 unspecified atom stereocenters. The third-order valence-corrected chi connectivity index (χ3v) is 3.60. The molecule has 0 spiro atoms. The number of carbonyl (C=O) groups is 3. The topological polar surface area (TPSA) is 90.9 Å². The summed E-state index contributed by atoms with van der Waals surface area (Å²) in [6, 6.07) is 12.7. The standard InChI is InChI=1S/C21H23NO6/c1-14(2)12-27-18-10-6-16(7-11-18)21(25)28-13-19(23)22-17-8-4-15(5-9-17)20(24)26-3/h4-11,14H,12-13H2,1-3H3,(H,22,23). The number of ether oxygens (including phenoxy) is 3. The molecule has 2 aromatic rings. The van der Waals surface area contributed by atoms with Crippen LogP contribution >= 0.6 is 0 Å². The largest absolute Gasteiger partial charge is 0.493 e. The molecule has 0 atom stereocenters. The number of nitrogens with one attached hydrogen (secondary N) is 1. The lowest BCUT2D eigenvalue weighted by molar-refractivity contribution is -0.119. The molecule has 0 aliphatic heterocycles. The van der Waals surface area contributed by atoms with Crippen molar-refractivity contribution >= 4 is 23.5 Å². The van der Waals surface area contributed by atoms with Gasteiger partial charge in [-0.25, -0.2) is 9.59 Å². The van der Waals surface area contributed by atoms with Gasteiger partial charge in [0.25, 0.3) is 5.91 Å². The Morgan fingerprint density at radius 3 is 2.04 bits per heavy atom. The number of hydrogen-bond donors (Lipinski definition) is 1. The molecule has 7 nitrogen and oxygen atoms in total. The van der Waals surface area contributed by atoms with Gasteiger partial charge in [-0.05, 0) is 54.4 Å². The van der Waals surface area contributed by atoms with Crippen molar-refractivity contribution in [3.63, 3.8) is 0 Å². The Morgan fingerprint density at radius 2 is 1.46 bits per heavy atom. The fourth-order valence-electron chi connectivity index (χ4n) is 2.17. The summed E-state index contributed by atoms with van der Waals surface area (Å²) in [4.78, 5) is 35.3. The Labute approximate surface area is 163 Å². The highest BCUT2D eigenvalue weighted by Gasteiger charge is 2.11. The summed E-state index contributed by atoms with van der Waals surface area (Å²) < 4.78 is 15.2. The molecule has 2 rings (SSSR count). The third kappa shape index (κ3) is 6.42. The van der Waals surface area contributed by atoms with E-state index >= 15 is 0 Å². The van der Waals surface area contributed by atoms with Crippen LogP contribution in [-0.2, 0) is 14.3 Å². The van der Waals surface area contributed by atoms with E-state index in [9.17, 15) is 14.4 Å². The number of hydrogen-bond acceptors (Lipinski definition) is 6. The van der Waals surface area contributed by atoms with Gasteiger partial charge in [-0.2, -0.15) is 0 Å². The average Bonchev–Trinajstić information content (AvgIpc) is 2.70. The molecule has 0 aliphatic carbocycles. The van der Waals surface area contributed by atoms with E-state index in [2.05, 4.69) is 10.1 Å². The first-order chi connectivity index (χ1) is 13.4. The zero-order chi connectivity index (χ0) is 20.5. The Morgan fingerprint density at radius 1 is 0.893 bits per heavy atom. The summed E-state index contributed by atoms with van der Waals surface area (Å²) in [6.07, 6.45) is 0. The lowest BCUT2D eigenvalue weighted by atomic mass is 10.2. The Hall–Kier alpha value is -3.35. The van der Waals surface area contributed by atoms with Gasteiger partial charge in [0, 0.05) is 5.69 Å². The lowest BCUT2D eigenvalue weighted by Crippen LogP contribution is -2.21. The molecule has 0 fully saturated rings. The molecule has 0 saturated heterocycles. The molecule has 0 aliphatic rings. The maximum absolute atomic E-state index is 12.0. The third-order valence-electron chi connectivity index (χ3n) is 3.60. The second kappa shape index (κ2) is 10.1. The summed E-state index contributed by atoms with van der Waals surface area (Å²) in [7, 11) is 1.29. The maximum atomic E-state index is 12.0. The zero-order valence-corrected chi connectivity index (χ0v) is 16.1. The van der Waals surface area contributed by atoms with Gasteiger partial charge in [0.2, 0.25) is 0 Å². The fraction of sp³-hybridized carbons (Fsp3) is 0.286. The van der Waals surface area contributed by atoms with Crippen molar-refractivity contribution in [2.75, 3.05) is 25.6 Å². The normalized spacial score (nSPS) is 10.3. The first-order valence-electron chi connectivity index (χ1n) is 8.77. The number of benzene rings is 2. The van der Waals surface area contributed by atoms with Crippen LogP contribution in [0.5, 0.6) is 5.75 Å². The van der Waals surface area contributed by atoms with Gasteiger partial charge >= 0.3 is 11.9 Å². The molecule has 28 heavy (non-hydrogen) atoms. The highest BCUT2D eigenvalue weighted by atomic mass is 16.5. The minimum absolute atomic E-state index is 0.326. The summed E-state index contributed by atoms with van der Waals surface area (Å²) in [5.41, 5.74) is 1.17. The van der Waals surface area contributed by atoms with Crippen molar-refractivity contribution in [1.29, 1.82) is 0 Å². The molecule has 1 N–H and O–H groups in total. The highest BCUT2D eigenvalue weighted by molar-refractivity contribution is 5.96. The van der Waals surface area contributed by atoms with Crippen LogP contribution in [0.3, 0.4) is 0 Å². The first kappa shape index (κ1) is 21.0. The van der Waals surface area contributed by atoms with Gasteiger partial charge in [0.15, 0.2) is 6.61 Å².